The van der Waals surface area contributed by atoms with Crippen LogP contribution >= 0.6 is 0 Å². The molecule has 0 amide bonds. The smallest absolute Gasteiger partial charge is 0.312 e. The summed E-state index contributed by atoms with van der Waals surface area (Å²) in [4.78, 5) is 96.2. The minimum absolute atomic E-state index is 0. The van der Waals surface area contributed by atoms with Gasteiger partial charge in [-0.25, -0.2) is 0 Å². The van der Waals surface area contributed by atoms with Crippen molar-refractivity contribution in [2.75, 3.05) is 0 Å². The van der Waals surface area contributed by atoms with E-state index in [1.54, 1.807) is 0 Å². The highest BCUT2D eigenvalue weighted by atomic mass is 16.7. The van der Waals surface area contributed by atoms with Crippen molar-refractivity contribution in [2.45, 2.75) is 514 Å². The maximum Gasteiger partial charge on any atom is 0.312 e. The van der Waals surface area contributed by atoms with Crippen LogP contribution < -0.4 is 0 Å². The number of esters is 8. The molecule has 12 bridgehead atoms. The van der Waals surface area contributed by atoms with E-state index in [0.717, 1.165) is 96.3 Å². The zero-order valence-electron chi connectivity index (χ0n) is 68.9. The summed E-state index contributed by atoms with van der Waals surface area (Å²) in [7, 11) is 0. The number of aliphatic hydroxyl groups is 5. The first-order chi connectivity index (χ1) is 49.3. The normalized spacial score (nSPS) is 33.9. The summed E-state index contributed by atoms with van der Waals surface area (Å²) in [6.07, 6.45) is 21.7. The van der Waals surface area contributed by atoms with Crippen molar-refractivity contribution in [2.24, 2.45) is 62.1 Å². The van der Waals surface area contributed by atoms with Crippen LogP contribution in [0.15, 0.2) is 0 Å². The number of ether oxygens (including phenoxy) is 9. The van der Waals surface area contributed by atoms with Gasteiger partial charge in [-0.3, -0.25) is 38.4 Å². The van der Waals surface area contributed by atoms with Crippen LogP contribution in [0, 0.1) is 62.1 Å². The third-order valence-corrected chi connectivity index (χ3v) is 28.7. The highest BCUT2D eigenvalue weighted by molar-refractivity contribution is 5.81. The van der Waals surface area contributed by atoms with E-state index in [2.05, 4.69) is 13.8 Å². The highest BCUT2D eigenvalue weighted by Gasteiger charge is 2.71. The Morgan fingerprint density at radius 1 is 0.353 bits per heavy atom. The predicted molar refractivity (Wildman–Crippen MR) is 478 cm³/mol. The van der Waals surface area contributed by atoms with Crippen LogP contribution in [0.1, 0.15) is 427 Å². The molecule has 12 aliphatic carbocycles. The predicted octanol–water partition coefficient (Wildman–Crippen LogP) is 21.4. The third kappa shape index (κ3) is 25.7. The van der Waals surface area contributed by atoms with Crippen LogP contribution in [0.4, 0.5) is 0 Å². The first kappa shape index (κ1) is 121. The van der Waals surface area contributed by atoms with Crippen LogP contribution in [0.5, 0.6) is 0 Å². The van der Waals surface area contributed by atoms with Gasteiger partial charge in [0.1, 0.15) is 40.7 Å². The maximum absolute atomic E-state index is 12.4. The highest BCUT2D eigenvalue weighted by Crippen LogP contribution is 2.64. The Morgan fingerprint density at radius 2 is 0.655 bits per heavy atom. The van der Waals surface area contributed by atoms with Gasteiger partial charge in [0.15, 0.2) is 12.2 Å². The second-order valence-electron chi connectivity index (χ2n) is 40.1. The van der Waals surface area contributed by atoms with E-state index in [1.165, 1.54) is 25.7 Å². The number of hydrogen-bond donors (Lipinski definition) is 5. The molecule has 16 rings (SSSR count). The maximum atomic E-state index is 12.4. The minimum Gasteiger partial charge on any atom is -0.459 e. The molecule has 12 atom stereocenters. The van der Waals surface area contributed by atoms with Crippen molar-refractivity contribution in [1.82, 2.24) is 0 Å². The molecular weight excluding hydrogens is 1520 g/mol. The van der Waals surface area contributed by atoms with Gasteiger partial charge in [-0.1, -0.05) is 145 Å². The van der Waals surface area contributed by atoms with Crippen molar-refractivity contribution in [3.63, 3.8) is 0 Å². The van der Waals surface area contributed by atoms with Gasteiger partial charge in [-0.15, -0.1) is 0 Å². The molecule has 0 radical (unpaired) electrons. The molecule has 4 heterocycles. The first-order valence-electron chi connectivity index (χ1n) is 41.4. The molecule has 4 aliphatic heterocycles. The Bertz CT molecular complexity index is 3060. The Kier molecular flexibility index (Phi) is 43.8. The molecule has 0 aromatic heterocycles. The summed E-state index contributed by atoms with van der Waals surface area (Å²) in [6.45, 7) is 38.9. The Labute approximate surface area is 726 Å². The van der Waals surface area contributed by atoms with E-state index in [0.29, 0.717) is 69.6 Å². The molecule has 22 nitrogen and oxygen atoms in total. The molecule has 16 fully saturated rings. The monoisotopic (exact) mass is 1700 g/mol. The fourth-order valence-electron chi connectivity index (χ4n) is 20.2. The molecule has 5 N–H and O–H groups in total. The quantitative estimate of drug-likeness (QED) is 0.0558. The first-order valence-corrected chi connectivity index (χ1v) is 41.4. The van der Waals surface area contributed by atoms with E-state index in [1.807, 2.05) is 125 Å². The molecule has 12 unspecified atom stereocenters. The minimum atomic E-state index is -1.13. The van der Waals surface area contributed by atoms with Crippen LogP contribution in [0.25, 0.3) is 0 Å². The van der Waals surface area contributed by atoms with Crippen molar-refractivity contribution in [1.29, 1.82) is 0 Å². The molecule has 12 saturated carbocycles. The number of carbonyl (C=O) groups is 8. The molecule has 16 aliphatic rings. The number of fused-ring (bicyclic) bond motifs is 2. The molecule has 4 saturated heterocycles. The summed E-state index contributed by atoms with van der Waals surface area (Å²) < 4.78 is 50.7. The molecule has 0 spiro atoms. The lowest BCUT2D eigenvalue weighted by atomic mass is 9.48. The summed E-state index contributed by atoms with van der Waals surface area (Å²) in [5, 5.41) is 53.3. The van der Waals surface area contributed by atoms with Gasteiger partial charge in [0.2, 0.25) is 0 Å². The summed E-state index contributed by atoms with van der Waals surface area (Å²) in [6, 6.07) is 0. The van der Waals surface area contributed by atoms with E-state index in [9.17, 15) is 63.9 Å². The lowest BCUT2D eigenvalue weighted by Gasteiger charge is -2.65. The second kappa shape index (κ2) is 43.1. The topological polar surface area (TPSA) is 321 Å². The zero-order valence-corrected chi connectivity index (χ0v) is 68.9. The van der Waals surface area contributed by atoms with E-state index < -0.39 is 73.1 Å². The average Bonchev–Trinajstić information content (AvgIpc) is 1.47. The second-order valence-corrected chi connectivity index (χ2v) is 40.1. The van der Waals surface area contributed by atoms with E-state index in [-0.39, 0.29) is 220 Å². The third-order valence-electron chi connectivity index (χ3n) is 28.7. The van der Waals surface area contributed by atoms with Crippen molar-refractivity contribution < 1.29 is 107 Å². The summed E-state index contributed by atoms with van der Waals surface area (Å²) >= 11 is 0. The molecular formula is C97H186O22. The lowest BCUT2D eigenvalue weighted by Crippen LogP contribution is -2.72. The zero-order chi connectivity index (χ0) is 79.8. The number of rotatable bonds is 20. The fraction of sp³-hybridized carbons (Fsp3) is 0.918. The molecule has 706 valence electrons. The Hall–Kier alpha value is -4.48. The SMILES string of the molecule is C.C.C.C.C.C.C.C.C.C.C.C.CCC(C)(C)C(=O)OC12CC3(O)CC(O)(CC(O)(C3)C1)C2.CCC(C)(C)C(=O)OC12CC3CC(O)(CC(O)(C3)C1)C2.CCC(C)(C)C(=O)OC1C2CC3C(=O)OC1C3C2.CCC(C)(C)C(=O)OC1C2CC3C(=O)OC1C3O2.CCC1(OC(=O)C(C)(C)CC)CCCC1.CCC1(OC(=O)C(C)(C)CC)CCCC1. The van der Waals surface area contributed by atoms with Gasteiger partial charge in [0, 0.05) is 69.6 Å². The largest absolute Gasteiger partial charge is 0.459 e. The molecule has 0 aromatic carbocycles. The molecule has 119 heavy (non-hydrogen) atoms. The van der Waals surface area contributed by atoms with Gasteiger partial charge < -0.3 is 68.2 Å². The number of hydrogen-bond acceptors (Lipinski definition) is 22. The van der Waals surface area contributed by atoms with Crippen molar-refractivity contribution in [3.05, 3.63) is 0 Å². The molecule has 0 aromatic rings. The molecule has 22 heteroatoms. The fourth-order valence-corrected chi connectivity index (χ4v) is 20.2. The van der Waals surface area contributed by atoms with Crippen LogP contribution in [-0.2, 0) is 81.0 Å². The lowest BCUT2D eigenvalue weighted by molar-refractivity contribution is -0.302. The van der Waals surface area contributed by atoms with Crippen LogP contribution in [0.3, 0.4) is 0 Å². The number of carbonyl (C=O) groups excluding carboxylic acids is 8. The van der Waals surface area contributed by atoms with Crippen LogP contribution in [-0.4, -0.2) is 160 Å². The van der Waals surface area contributed by atoms with Gasteiger partial charge >= 0.3 is 47.8 Å². The summed E-state index contributed by atoms with van der Waals surface area (Å²) in [5.74, 6) is -0.422. The van der Waals surface area contributed by atoms with Gasteiger partial charge in [0.05, 0.1) is 78.4 Å². The standard InChI is InChI=1S/C16H26O5.C16H26O4.C14H20O4.C13H18O5.2C13H24O2.12CH4/c1-4-12(2,3)11(17)21-16-8-13(18)5-14(19,9-16)7-15(20,6-13)10-16;1-4-13(2,3)12(17)20-16-7-11-5-14(18,9-16)8-15(19,6-11)10-16;1-4-14(2,3)13(16)18-10-7-5-8-9(6-7)12(15)17-11(8)10;1-4-13(2,3)12(15)18-9-7-5-6-8(16-7)10(9)17-11(6)14;2*1-5-12(3,4)11(14)15-13(6-2)9-7-8-10-13;;;;;;;;;;;;/h18-20H,4-10H2,1-3H3;11,18-19H,4-10H2,1-3H3;7-11H,4-6H2,1-3H3;6-10H,4-5H2,1-3H3;2*5-10H2,1-4H3;12*1H4. The van der Waals surface area contributed by atoms with Crippen molar-refractivity contribution in [3.8, 4) is 0 Å². The Morgan fingerprint density at radius 3 is 1.00 bits per heavy atom. The van der Waals surface area contributed by atoms with Crippen LogP contribution in [0.2, 0.25) is 0 Å². The van der Waals surface area contributed by atoms with E-state index >= 15 is 0 Å². The van der Waals surface area contributed by atoms with E-state index in [4.69, 9.17) is 42.6 Å². The Balaban J connectivity index is -0.000000656. The van der Waals surface area contributed by atoms with Gasteiger partial charge in [-0.2, -0.15) is 0 Å². The van der Waals surface area contributed by atoms with Crippen molar-refractivity contribution >= 4 is 47.8 Å². The summed E-state index contributed by atoms with van der Waals surface area (Å²) in [5.41, 5.74) is -9.65. The van der Waals surface area contributed by atoms with Gasteiger partial charge in [0.25, 0.3) is 0 Å². The van der Waals surface area contributed by atoms with Gasteiger partial charge in [-0.05, 0) is 230 Å². The average molecular weight is 1700 g/mol.